The Labute approximate surface area is 79.0 Å². The lowest BCUT2D eigenvalue weighted by molar-refractivity contribution is 0.262. The van der Waals surface area contributed by atoms with Crippen LogP contribution in [0.25, 0.3) is 0 Å². The predicted octanol–water partition coefficient (Wildman–Crippen LogP) is -1.97. The lowest BCUT2D eigenvalue weighted by Crippen LogP contribution is -2.69. The first kappa shape index (κ1) is 8.14. The molecule has 2 aliphatic heterocycles. The van der Waals surface area contributed by atoms with Crippen molar-refractivity contribution < 1.29 is 0 Å². The summed E-state index contributed by atoms with van der Waals surface area (Å²) in [6.07, 6.45) is 0.221. The van der Waals surface area contributed by atoms with Crippen molar-refractivity contribution in [3.8, 4) is 0 Å². The summed E-state index contributed by atoms with van der Waals surface area (Å²) in [6, 6.07) is 0.440. The quantitative estimate of drug-likeness (QED) is 0.200. The van der Waals surface area contributed by atoms with Gasteiger partial charge in [-0.2, -0.15) is 0 Å². The molecule has 2 rings (SSSR count). The number of nitrogens with two attached hydrogens (primary N) is 1. The molecule has 6 N–H and O–H groups in total. The minimum absolute atomic E-state index is 0.0921. The van der Waals surface area contributed by atoms with E-state index in [2.05, 4.69) is 43.9 Å². The monoisotopic (exact) mass is 269 g/mol. The zero-order valence-electron chi connectivity index (χ0n) is 5.97. The number of nitrogens with one attached hydrogen (secondary N) is 4. The van der Waals surface area contributed by atoms with E-state index in [1.165, 1.54) is 0 Å². The van der Waals surface area contributed by atoms with Crippen LogP contribution in [-0.2, 0) is 0 Å². The highest BCUT2D eigenvalue weighted by Crippen LogP contribution is 2.12. The van der Waals surface area contributed by atoms with Gasteiger partial charge in [-0.05, 0) is 0 Å². The van der Waals surface area contributed by atoms with E-state index in [-0.39, 0.29) is 6.29 Å². The van der Waals surface area contributed by atoms with E-state index in [4.69, 9.17) is 5.73 Å². The van der Waals surface area contributed by atoms with E-state index in [0.717, 1.165) is 6.67 Å². The molecule has 0 spiro atoms. The third-order valence-electron chi connectivity index (χ3n) is 2.03. The highest BCUT2D eigenvalue weighted by atomic mass is 127. The van der Waals surface area contributed by atoms with Crippen molar-refractivity contribution in [2.75, 3.05) is 6.67 Å². The summed E-state index contributed by atoms with van der Waals surface area (Å²) in [6.45, 7) is 0.857. The lowest BCUT2D eigenvalue weighted by atomic mass is 10.2. The molecule has 0 radical (unpaired) electrons. The molecule has 2 aliphatic rings. The van der Waals surface area contributed by atoms with E-state index in [9.17, 15) is 0 Å². The van der Waals surface area contributed by atoms with Gasteiger partial charge < -0.3 is 5.73 Å². The van der Waals surface area contributed by atoms with Crippen LogP contribution in [-0.4, -0.2) is 29.2 Å². The highest BCUT2D eigenvalue weighted by Gasteiger charge is 2.37. The molecule has 2 fully saturated rings. The fraction of sp³-hybridized carbons (Fsp3) is 1.00. The molecule has 0 bridgehead atoms. The van der Waals surface area contributed by atoms with Gasteiger partial charge in [-0.15, -0.1) is 0 Å². The summed E-state index contributed by atoms with van der Waals surface area (Å²) in [4.78, 5) is 0. The van der Waals surface area contributed by atoms with Crippen molar-refractivity contribution in [1.29, 1.82) is 0 Å². The summed E-state index contributed by atoms with van der Waals surface area (Å²) in [5.41, 5.74) is 5.69. The molecule has 11 heavy (non-hydrogen) atoms. The van der Waals surface area contributed by atoms with Crippen molar-refractivity contribution in [3.63, 3.8) is 0 Å². The summed E-state index contributed by atoms with van der Waals surface area (Å²) < 4.78 is 0.392. The number of alkyl halides is 1. The number of fused-ring (bicyclic) bond motifs is 1. The van der Waals surface area contributed by atoms with Crippen LogP contribution in [0.3, 0.4) is 0 Å². The molecule has 5 nitrogen and oxygen atoms in total. The Balaban J connectivity index is 2.04. The average molecular weight is 269 g/mol. The second-order valence-corrected chi connectivity index (χ2v) is 4.14. The standard InChI is InChI=1S/C5H12IN5/c6-3-2-4(9-1-8-2)11-5(7)10-3/h2-5,8-11H,1,7H2. The van der Waals surface area contributed by atoms with E-state index in [0.29, 0.717) is 16.3 Å². The first-order valence-corrected chi connectivity index (χ1v) is 4.90. The zero-order valence-corrected chi connectivity index (χ0v) is 8.13. The zero-order chi connectivity index (χ0) is 7.84. The summed E-state index contributed by atoms with van der Waals surface area (Å²) in [7, 11) is 0. The van der Waals surface area contributed by atoms with Crippen LogP contribution < -0.4 is 27.0 Å². The summed E-state index contributed by atoms with van der Waals surface area (Å²) in [5.74, 6) is 0. The Morgan fingerprint density at radius 1 is 1.27 bits per heavy atom. The molecule has 0 aromatic rings. The maximum Gasteiger partial charge on any atom is 0.111 e. The topological polar surface area (TPSA) is 74.1 Å². The maximum absolute atomic E-state index is 5.69. The van der Waals surface area contributed by atoms with Gasteiger partial charge in [-0.25, -0.2) is 0 Å². The molecule has 0 aromatic carbocycles. The molecule has 64 valence electrons. The summed E-state index contributed by atoms with van der Waals surface area (Å²) in [5, 5.41) is 13.0. The van der Waals surface area contributed by atoms with Crippen LogP contribution in [0.1, 0.15) is 0 Å². The first-order chi connectivity index (χ1) is 5.27. The van der Waals surface area contributed by atoms with Crippen molar-refractivity contribution in [2.45, 2.75) is 22.5 Å². The Hall–Kier alpha value is 0.530. The van der Waals surface area contributed by atoms with Crippen molar-refractivity contribution in [1.82, 2.24) is 21.3 Å². The van der Waals surface area contributed by atoms with E-state index < -0.39 is 0 Å². The lowest BCUT2D eigenvalue weighted by Gasteiger charge is -2.35. The second kappa shape index (κ2) is 3.11. The fourth-order valence-electron chi connectivity index (χ4n) is 1.48. The van der Waals surface area contributed by atoms with Gasteiger partial charge >= 0.3 is 0 Å². The molecule has 2 heterocycles. The van der Waals surface area contributed by atoms with Gasteiger partial charge in [0.1, 0.15) is 6.29 Å². The van der Waals surface area contributed by atoms with E-state index in [1.807, 2.05) is 0 Å². The first-order valence-electron chi connectivity index (χ1n) is 3.66. The SMILES string of the molecule is NC1NC(I)C2NCNC2N1. The van der Waals surface area contributed by atoms with Crippen molar-refractivity contribution in [3.05, 3.63) is 0 Å². The van der Waals surface area contributed by atoms with Gasteiger partial charge in [0.2, 0.25) is 0 Å². The van der Waals surface area contributed by atoms with Gasteiger partial charge in [0.15, 0.2) is 0 Å². The molecule has 2 saturated heterocycles. The van der Waals surface area contributed by atoms with Gasteiger partial charge in [0, 0.05) is 6.67 Å². The highest BCUT2D eigenvalue weighted by molar-refractivity contribution is 14.1. The smallest absolute Gasteiger partial charge is 0.111 e. The van der Waals surface area contributed by atoms with Gasteiger partial charge in [-0.1, -0.05) is 22.6 Å². The number of halogens is 1. The van der Waals surface area contributed by atoms with Crippen molar-refractivity contribution in [2.24, 2.45) is 5.73 Å². The average Bonchev–Trinajstić information content (AvgIpc) is 2.34. The molecule has 0 aliphatic carbocycles. The molecule has 0 amide bonds. The number of hydrogen-bond acceptors (Lipinski definition) is 5. The normalized spacial score (nSPS) is 50.7. The minimum atomic E-state index is -0.0921. The summed E-state index contributed by atoms with van der Waals surface area (Å²) >= 11 is 2.36. The molecule has 6 heteroatoms. The van der Waals surface area contributed by atoms with Crippen molar-refractivity contribution >= 4 is 22.6 Å². The van der Waals surface area contributed by atoms with Crippen LogP contribution in [0.5, 0.6) is 0 Å². The number of rotatable bonds is 0. The Kier molecular flexibility index (Phi) is 2.30. The molecule has 4 atom stereocenters. The van der Waals surface area contributed by atoms with Gasteiger partial charge in [0.25, 0.3) is 0 Å². The van der Waals surface area contributed by atoms with Gasteiger partial charge in [0.05, 0.1) is 16.3 Å². The van der Waals surface area contributed by atoms with Crippen LogP contribution in [0.15, 0.2) is 0 Å². The largest absolute Gasteiger partial charge is 0.304 e. The third kappa shape index (κ3) is 1.51. The minimum Gasteiger partial charge on any atom is -0.304 e. The van der Waals surface area contributed by atoms with Crippen LogP contribution >= 0.6 is 22.6 Å². The van der Waals surface area contributed by atoms with Gasteiger partial charge in [-0.3, -0.25) is 21.3 Å². The van der Waals surface area contributed by atoms with Crippen LogP contribution in [0.4, 0.5) is 0 Å². The third-order valence-corrected chi connectivity index (χ3v) is 3.17. The van der Waals surface area contributed by atoms with Crippen LogP contribution in [0, 0.1) is 0 Å². The molecular weight excluding hydrogens is 257 g/mol. The van der Waals surface area contributed by atoms with E-state index >= 15 is 0 Å². The molecule has 0 saturated carbocycles. The Morgan fingerprint density at radius 2 is 2.09 bits per heavy atom. The predicted molar refractivity (Wildman–Crippen MR) is 50.8 cm³/mol. The van der Waals surface area contributed by atoms with E-state index in [1.54, 1.807) is 0 Å². The molecule has 4 unspecified atom stereocenters. The number of hydrogen-bond donors (Lipinski definition) is 5. The Morgan fingerprint density at radius 3 is 2.91 bits per heavy atom. The maximum atomic E-state index is 5.69. The molecule has 0 aromatic heterocycles. The Bertz CT molecular complexity index is 154. The fourth-order valence-corrected chi connectivity index (χ4v) is 2.54. The molecular formula is C5H12IN5. The van der Waals surface area contributed by atoms with Crippen LogP contribution in [0.2, 0.25) is 0 Å². The second-order valence-electron chi connectivity index (χ2n) is 2.80.